The molecule has 1 heterocycles. The summed E-state index contributed by atoms with van der Waals surface area (Å²) in [5, 5.41) is 17.2. The van der Waals surface area contributed by atoms with Crippen molar-refractivity contribution in [3.05, 3.63) is 54.1 Å². The minimum atomic E-state index is -0.481. The SMILES string of the molecule is CC(Cc1ccc(F)cc1)NCC(O)Cn1cccn1. The van der Waals surface area contributed by atoms with Crippen molar-refractivity contribution in [2.75, 3.05) is 6.54 Å². The van der Waals surface area contributed by atoms with Gasteiger partial charge in [-0.1, -0.05) is 12.1 Å². The zero-order chi connectivity index (χ0) is 14.4. The summed E-state index contributed by atoms with van der Waals surface area (Å²) in [5.41, 5.74) is 1.08. The van der Waals surface area contributed by atoms with E-state index in [4.69, 9.17) is 0 Å². The van der Waals surface area contributed by atoms with Crippen LogP contribution < -0.4 is 5.32 Å². The molecule has 5 heteroatoms. The Kier molecular flexibility index (Phi) is 5.26. The molecule has 2 rings (SSSR count). The highest BCUT2D eigenvalue weighted by Crippen LogP contribution is 2.05. The van der Waals surface area contributed by atoms with Crippen LogP contribution in [0.1, 0.15) is 12.5 Å². The average Bonchev–Trinajstić information content (AvgIpc) is 2.92. The molecule has 2 N–H and O–H groups in total. The van der Waals surface area contributed by atoms with E-state index in [1.54, 1.807) is 23.0 Å². The van der Waals surface area contributed by atoms with Gasteiger partial charge in [0, 0.05) is 25.0 Å². The van der Waals surface area contributed by atoms with Crippen LogP contribution in [0.5, 0.6) is 0 Å². The molecule has 2 atom stereocenters. The highest BCUT2D eigenvalue weighted by Gasteiger charge is 2.08. The molecule has 4 nitrogen and oxygen atoms in total. The summed E-state index contributed by atoms with van der Waals surface area (Å²) in [6.07, 6.45) is 3.84. The third-order valence-corrected chi connectivity index (χ3v) is 3.11. The fraction of sp³-hybridized carbons (Fsp3) is 0.400. The van der Waals surface area contributed by atoms with E-state index in [9.17, 15) is 9.50 Å². The molecule has 108 valence electrons. The van der Waals surface area contributed by atoms with E-state index in [2.05, 4.69) is 10.4 Å². The lowest BCUT2D eigenvalue weighted by molar-refractivity contribution is 0.143. The lowest BCUT2D eigenvalue weighted by Crippen LogP contribution is -2.36. The molecule has 0 saturated carbocycles. The highest BCUT2D eigenvalue weighted by atomic mass is 19.1. The Labute approximate surface area is 118 Å². The number of nitrogens with one attached hydrogen (secondary N) is 1. The predicted octanol–water partition coefficient (Wildman–Crippen LogP) is 1.60. The van der Waals surface area contributed by atoms with Gasteiger partial charge in [-0.05, 0) is 37.1 Å². The Morgan fingerprint density at radius 3 is 2.75 bits per heavy atom. The molecule has 0 aliphatic rings. The molecule has 1 aromatic carbocycles. The van der Waals surface area contributed by atoms with Crippen LogP contribution >= 0.6 is 0 Å². The molecular formula is C15H20FN3O. The largest absolute Gasteiger partial charge is 0.390 e. The standard InChI is InChI=1S/C15H20FN3O/c1-12(9-13-3-5-14(16)6-4-13)17-10-15(20)11-19-8-2-7-18-19/h2-8,12,15,17,20H,9-11H2,1H3. The number of hydrogen-bond donors (Lipinski definition) is 2. The monoisotopic (exact) mass is 277 g/mol. The summed E-state index contributed by atoms with van der Waals surface area (Å²) in [6.45, 7) is 3.02. The quantitative estimate of drug-likeness (QED) is 0.808. The third-order valence-electron chi connectivity index (χ3n) is 3.11. The number of aliphatic hydroxyl groups excluding tert-OH is 1. The first-order valence-corrected chi connectivity index (χ1v) is 6.77. The molecule has 1 aromatic heterocycles. The number of hydrogen-bond acceptors (Lipinski definition) is 3. The van der Waals surface area contributed by atoms with Gasteiger partial charge in [0.15, 0.2) is 0 Å². The van der Waals surface area contributed by atoms with E-state index in [1.807, 2.05) is 19.2 Å². The van der Waals surface area contributed by atoms with Crippen LogP contribution in [0, 0.1) is 5.82 Å². The number of aliphatic hydroxyl groups is 1. The van der Waals surface area contributed by atoms with Gasteiger partial charge in [-0.25, -0.2) is 4.39 Å². The molecule has 0 fully saturated rings. The van der Waals surface area contributed by atoms with Crippen molar-refractivity contribution in [1.29, 1.82) is 0 Å². The normalized spacial score (nSPS) is 14.2. The number of aromatic nitrogens is 2. The average molecular weight is 277 g/mol. The van der Waals surface area contributed by atoms with Crippen molar-refractivity contribution in [1.82, 2.24) is 15.1 Å². The zero-order valence-electron chi connectivity index (χ0n) is 11.5. The highest BCUT2D eigenvalue weighted by molar-refractivity contribution is 5.16. The Morgan fingerprint density at radius 2 is 2.10 bits per heavy atom. The number of halogens is 1. The van der Waals surface area contributed by atoms with Crippen LogP contribution in [0.2, 0.25) is 0 Å². The Balaban J connectivity index is 1.71. The zero-order valence-corrected chi connectivity index (χ0v) is 11.5. The molecule has 0 spiro atoms. The fourth-order valence-corrected chi connectivity index (χ4v) is 2.07. The van der Waals surface area contributed by atoms with Crippen LogP contribution in [0.25, 0.3) is 0 Å². The molecule has 2 aromatic rings. The molecule has 2 unspecified atom stereocenters. The van der Waals surface area contributed by atoms with Gasteiger partial charge >= 0.3 is 0 Å². The molecule has 0 radical (unpaired) electrons. The van der Waals surface area contributed by atoms with E-state index in [0.29, 0.717) is 13.1 Å². The number of rotatable bonds is 7. The maximum atomic E-state index is 12.8. The minimum absolute atomic E-state index is 0.215. The van der Waals surface area contributed by atoms with E-state index in [1.165, 1.54) is 12.1 Å². The topological polar surface area (TPSA) is 50.1 Å². The maximum absolute atomic E-state index is 12.8. The van der Waals surface area contributed by atoms with Crippen molar-refractivity contribution in [2.45, 2.75) is 32.0 Å². The van der Waals surface area contributed by atoms with Crippen molar-refractivity contribution >= 4 is 0 Å². The number of benzene rings is 1. The molecule has 0 aliphatic carbocycles. The van der Waals surface area contributed by atoms with E-state index in [0.717, 1.165) is 12.0 Å². The Bertz CT molecular complexity index is 498. The van der Waals surface area contributed by atoms with Crippen LogP contribution in [-0.4, -0.2) is 33.6 Å². The van der Waals surface area contributed by atoms with Gasteiger partial charge in [0.05, 0.1) is 12.6 Å². The first-order chi connectivity index (χ1) is 9.63. The van der Waals surface area contributed by atoms with Gasteiger partial charge in [0.1, 0.15) is 5.82 Å². The van der Waals surface area contributed by atoms with Gasteiger partial charge in [-0.3, -0.25) is 4.68 Å². The minimum Gasteiger partial charge on any atom is -0.390 e. The maximum Gasteiger partial charge on any atom is 0.123 e. The lowest BCUT2D eigenvalue weighted by Gasteiger charge is -2.17. The third kappa shape index (κ3) is 4.75. The summed E-state index contributed by atoms with van der Waals surface area (Å²) in [5.74, 6) is -0.219. The molecule has 20 heavy (non-hydrogen) atoms. The van der Waals surface area contributed by atoms with Crippen molar-refractivity contribution in [2.24, 2.45) is 0 Å². The molecule has 0 bridgehead atoms. The second kappa shape index (κ2) is 7.17. The summed E-state index contributed by atoms with van der Waals surface area (Å²) < 4.78 is 14.5. The van der Waals surface area contributed by atoms with Crippen LogP contribution in [0.3, 0.4) is 0 Å². The van der Waals surface area contributed by atoms with Crippen molar-refractivity contribution < 1.29 is 9.50 Å². The second-order valence-electron chi connectivity index (χ2n) is 5.02. The number of nitrogens with zero attached hydrogens (tertiary/aromatic N) is 2. The summed E-state index contributed by atoms with van der Waals surface area (Å²) in [6, 6.07) is 8.55. The summed E-state index contributed by atoms with van der Waals surface area (Å²) in [7, 11) is 0. The van der Waals surface area contributed by atoms with Gasteiger partial charge in [-0.15, -0.1) is 0 Å². The van der Waals surface area contributed by atoms with Gasteiger partial charge in [0.25, 0.3) is 0 Å². The van der Waals surface area contributed by atoms with Crippen molar-refractivity contribution in [3.8, 4) is 0 Å². The molecular weight excluding hydrogens is 257 g/mol. The van der Waals surface area contributed by atoms with E-state index in [-0.39, 0.29) is 11.9 Å². The van der Waals surface area contributed by atoms with Crippen molar-refractivity contribution in [3.63, 3.8) is 0 Å². The predicted molar refractivity (Wildman–Crippen MR) is 75.8 cm³/mol. The first-order valence-electron chi connectivity index (χ1n) is 6.77. The Morgan fingerprint density at radius 1 is 1.35 bits per heavy atom. The molecule has 0 amide bonds. The summed E-state index contributed by atoms with van der Waals surface area (Å²) in [4.78, 5) is 0. The molecule has 0 saturated heterocycles. The summed E-state index contributed by atoms with van der Waals surface area (Å²) >= 11 is 0. The van der Waals surface area contributed by atoms with Gasteiger partial charge in [-0.2, -0.15) is 5.10 Å². The van der Waals surface area contributed by atoms with E-state index < -0.39 is 6.10 Å². The molecule has 0 aliphatic heterocycles. The van der Waals surface area contributed by atoms with Crippen LogP contribution in [-0.2, 0) is 13.0 Å². The van der Waals surface area contributed by atoms with Crippen LogP contribution in [0.15, 0.2) is 42.7 Å². The van der Waals surface area contributed by atoms with Gasteiger partial charge < -0.3 is 10.4 Å². The smallest absolute Gasteiger partial charge is 0.123 e. The second-order valence-corrected chi connectivity index (χ2v) is 5.02. The van der Waals surface area contributed by atoms with E-state index >= 15 is 0 Å². The Hall–Kier alpha value is -1.72. The first kappa shape index (κ1) is 14.7. The fourth-order valence-electron chi connectivity index (χ4n) is 2.07. The lowest BCUT2D eigenvalue weighted by atomic mass is 10.1. The van der Waals surface area contributed by atoms with Crippen LogP contribution in [0.4, 0.5) is 4.39 Å². The van der Waals surface area contributed by atoms with Gasteiger partial charge in [0.2, 0.25) is 0 Å².